The first kappa shape index (κ1) is 23.6. The monoisotopic (exact) mass is 444 g/mol. The summed E-state index contributed by atoms with van der Waals surface area (Å²) in [6.45, 7) is 3.38. The highest BCUT2D eigenvalue weighted by Crippen LogP contribution is 2.22. The zero-order valence-electron chi connectivity index (χ0n) is 19.0. The highest BCUT2D eigenvalue weighted by atomic mass is 16.1. The lowest BCUT2D eigenvalue weighted by Crippen LogP contribution is -2.31. The van der Waals surface area contributed by atoms with E-state index in [4.69, 9.17) is 5.41 Å². The van der Waals surface area contributed by atoms with Crippen LogP contribution in [0.5, 0.6) is 0 Å². The van der Waals surface area contributed by atoms with Crippen LogP contribution in [-0.2, 0) is 0 Å². The standard InChI is InChI=1S/C24H28N8O/c1-17-5-4-6-20(13-17)30-22-21(14-25)23(28-16-27-22)31-29-15-18-7-9-19(10-8-18)24(33)26-11-12-32(2)3/h4-10,13-16,25H,11-12H2,1-3H3,(H,26,33)(H2,27,28,30,31)/b25-14?,29-15+. The summed E-state index contributed by atoms with van der Waals surface area (Å²) in [5, 5.41) is 18.1. The molecule has 0 atom stereocenters. The van der Waals surface area contributed by atoms with Gasteiger partial charge in [0.25, 0.3) is 5.91 Å². The Hall–Kier alpha value is -4.11. The van der Waals surface area contributed by atoms with Crippen LogP contribution in [0, 0.1) is 12.3 Å². The molecule has 0 aliphatic rings. The fourth-order valence-electron chi connectivity index (χ4n) is 2.96. The second-order valence-corrected chi connectivity index (χ2v) is 7.67. The molecule has 0 saturated heterocycles. The van der Waals surface area contributed by atoms with Crippen molar-refractivity contribution in [1.29, 1.82) is 5.41 Å². The summed E-state index contributed by atoms with van der Waals surface area (Å²) in [6.07, 6.45) is 4.21. The molecule has 0 spiro atoms. The molecule has 0 bridgehead atoms. The van der Waals surface area contributed by atoms with Gasteiger partial charge in [-0.05, 0) is 56.4 Å². The van der Waals surface area contributed by atoms with Gasteiger partial charge in [-0.2, -0.15) is 5.10 Å². The highest BCUT2D eigenvalue weighted by molar-refractivity contribution is 5.95. The quantitative estimate of drug-likeness (QED) is 0.282. The molecule has 1 heterocycles. The smallest absolute Gasteiger partial charge is 0.251 e. The molecular weight excluding hydrogens is 416 g/mol. The molecule has 1 aromatic heterocycles. The number of benzene rings is 2. The average Bonchev–Trinajstić information content (AvgIpc) is 2.79. The van der Waals surface area contributed by atoms with E-state index in [0.717, 1.165) is 23.4 Å². The Bertz CT molecular complexity index is 1130. The number of aromatic nitrogens is 2. The van der Waals surface area contributed by atoms with E-state index in [2.05, 4.69) is 31.1 Å². The number of aryl methyl sites for hydroxylation is 1. The van der Waals surface area contributed by atoms with Crippen LogP contribution in [0.1, 0.15) is 27.0 Å². The van der Waals surface area contributed by atoms with Crippen LogP contribution in [0.15, 0.2) is 60.0 Å². The van der Waals surface area contributed by atoms with Gasteiger partial charge in [0.2, 0.25) is 0 Å². The minimum atomic E-state index is -0.108. The molecule has 170 valence electrons. The number of hydrogen-bond acceptors (Lipinski definition) is 8. The van der Waals surface area contributed by atoms with Gasteiger partial charge in [0, 0.05) is 30.6 Å². The van der Waals surface area contributed by atoms with Crippen LogP contribution in [-0.4, -0.2) is 60.4 Å². The second kappa shape index (κ2) is 11.5. The van der Waals surface area contributed by atoms with Crippen molar-refractivity contribution in [3.05, 3.63) is 77.1 Å². The summed E-state index contributed by atoms with van der Waals surface area (Å²) in [5.41, 5.74) is 6.75. The Morgan fingerprint density at radius 3 is 2.58 bits per heavy atom. The summed E-state index contributed by atoms with van der Waals surface area (Å²) in [6, 6.07) is 15.0. The van der Waals surface area contributed by atoms with Crippen molar-refractivity contribution in [2.24, 2.45) is 5.10 Å². The third-order valence-electron chi connectivity index (χ3n) is 4.71. The van der Waals surface area contributed by atoms with Crippen molar-refractivity contribution in [3.8, 4) is 0 Å². The molecule has 3 rings (SSSR count). The Balaban J connectivity index is 1.64. The second-order valence-electron chi connectivity index (χ2n) is 7.67. The van der Waals surface area contributed by atoms with Crippen LogP contribution in [0.25, 0.3) is 0 Å². The number of anilines is 3. The van der Waals surface area contributed by atoms with Gasteiger partial charge < -0.3 is 20.9 Å². The largest absolute Gasteiger partial charge is 0.351 e. The predicted octanol–water partition coefficient (Wildman–Crippen LogP) is 3.26. The molecule has 9 heteroatoms. The van der Waals surface area contributed by atoms with E-state index in [-0.39, 0.29) is 5.91 Å². The number of nitrogens with one attached hydrogen (secondary N) is 4. The van der Waals surface area contributed by atoms with Gasteiger partial charge >= 0.3 is 0 Å². The number of hydrogen-bond donors (Lipinski definition) is 4. The number of carbonyl (C=O) groups is 1. The number of carbonyl (C=O) groups excluding carboxylic acids is 1. The van der Waals surface area contributed by atoms with Gasteiger partial charge in [-0.15, -0.1) is 0 Å². The van der Waals surface area contributed by atoms with E-state index in [1.807, 2.05) is 62.3 Å². The van der Waals surface area contributed by atoms with Gasteiger partial charge in [-0.1, -0.05) is 24.3 Å². The van der Waals surface area contributed by atoms with Gasteiger partial charge in [-0.3, -0.25) is 10.2 Å². The number of nitrogens with zero attached hydrogens (tertiary/aromatic N) is 4. The molecule has 9 nitrogen and oxygen atoms in total. The first-order valence-electron chi connectivity index (χ1n) is 10.5. The number of amides is 1. The summed E-state index contributed by atoms with van der Waals surface area (Å²) in [5.74, 6) is 0.805. The zero-order valence-corrected chi connectivity index (χ0v) is 19.0. The van der Waals surface area contributed by atoms with E-state index >= 15 is 0 Å². The summed E-state index contributed by atoms with van der Waals surface area (Å²) in [7, 11) is 3.92. The van der Waals surface area contributed by atoms with Crippen molar-refractivity contribution in [3.63, 3.8) is 0 Å². The lowest BCUT2D eigenvalue weighted by atomic mass is 10.1. The van der Waals surface area contributed by atoms with E-state index < -0.39 is 0 Å². The van der Waals surface area contributed by atoms with Crippen molar-refractivity contribution in [2.45, 2.75) is 6.92 Å². The molecule has 0 aliphatic heterocycles. The topological polar surface area (TPSA) is 118 Å². The van der Waals surface area contributed by atoms with E-state index in [0.29, 0.717) is 29.3 Å². The minimum Gasteiger partial charge on any atom is -0.351 e. The lowest BCUT2D eigenvalue weighted by Gasteiger charge is -2.11. The van der Waals surface area contributed by atoms with Crippen molar-refractivity contribution < 1.29 is 4.79 Å². The van der Waals surface area contributed by atoms with Crippen LogP contribution >= 0.6 is 0 Å². The van der Waals surface area contributed by atoms with Crippen LogP contribution in [0.4, 0.5) is 17.3 Å². The third-order valence-corrected chi connectivity index (χ3v) is 4.71. The molecule has 1 amide bonds. The molecule has 0 aliphatic carbocycles. The van der Waals surface area contributed by atoms with E-state index in [1.165, 1.54) is 12.5 Å². The normalized spacial score (nSPS) is 10.9. The fraction of sp³-hybridized carbons (Fsp3) is 0.208. The summed E-state index contributed by atoms with van der Waals surface area (Å²) in [4.78, 5) is 22.6. The Morgan fingerprint density at radius 2 is 1.88 bits per heavy atom. The minimum absolute atomic E-state index is 0.108. The molecule has 0 unspecified atom stereocenters. The predicted molar refractivity (Wildman–Crippen MR) is 133 cm³/mol. The van der Waals surface area contributed by atoms with Gasteiger partial charge in [-0.25, -0.2) is 9.97 Å². The lowest BCUT2D eigenvalue weighted by molar-refractivity contribution is 0.0951. The highest BCUT2D eigenvalue weighted by Gasteiger charge is 2.09. The number of hydrazone groups is 1. The average molecular weight is 445 g/mol. The van der Waals surface area contributed by atoms with Gasteiger partial charge in [0.05, 0.1) is 11.8 Å². The summed E-state index contributed by atoms with van der Waals surface area (Å²) < 4.78 is 0. The van der Waals surface area contributed by atoms with Crippen LogP contribution in [0.2, 0.25) is 0 Å². The van der Waals surface area contributed by atoms with E-state index in [1.54, 1.807) is 18.3 Å². The van der Waals surface area contributed by atoms with Gasteiger partial charge in [0.1, 0.15) is 12.1 Å². The molecule has 33 heavy (non-hydrogen) atoms. The maximum absolute atomic E-state index is 12.2. The molecule has 3 aromatic rings. The van der Waals surface area contributed by atoms with Crippen molar-refractivity contribution >= 4 is 35.7 Å². The third kappa shape index (κ3) is 6.94. The Labute approximate surface area is 193 Å². The number of rotatable bonds is 10. The molecule has 0 saturated carbocycles. The Kier molecular flexibility index (Phi) is 8.20. The van der Waals surface area contributed by atoms with Crippen molar-refractivity contribution in [2.75, 3.05) is 37.9 Å². The zero-order chi connectivity index (χ0) is 23.6. The van der Waals surface area contributed by atoms with Crippen LogP contribution < -0.4 is 16.1 Å². The molecule has 4 N–H and O–H groups in total. The fourth-order valence-corrected chi connectivity index (χ4v) is 2.96. The molecule has 2 aromatic carbocycles. The first-order valence-corrected chi connectivity index (χ1v) is 10.5. The van der Waals surface area contributed by atoms with E-state index in [9.17, 15) is 4.79 Å². The van der Waals surface area contributed by atoms with Gasteiger partial charge in [0.15, 0.2) is 5.82 Å². The summed E-state index contributed by atoms with van der Waals surface area (Å²) >= 11 is 0. The Morgan fingerprint density at radius 1 is 1.12 bits per heavy atom. The maximum atomic E-state index is 12.2. The first-order chi connectivity index (χ1) is 16.0. The maximum Gasteiger partial charge on any atom is 0.251 e. The number of likely N-dealkylation sites (N-methyl/N-ethyl adjacent to an activating group) is 1. The SMILES string of the molecule is Cc1cccc(Nc2ncnc(N/N=C/c3ccc(C(=O)NCCN(C)C)cc3)c2C=N)c1. The molecular formula is C24H28N8O. The molecule has 0 radical (unpaired) electrons. The molecule has 0 fully saturated rings. The van der Waals surface area contributed by atoms with Crippen LogP contribution in [0.3, 0.4) is 0 Å². The van der Waals surface area contributed by atoms with Crippen molar-refractivity contribution in [1.82, 2.24) is 20.2 Å².